The zero-order valence-electron chi connectivity index (χ0n) is 10.8. The van der Waals surface area contributed by atoms with Crippen molar-refractivity contribution in [2.75, 3.05) is 19.0 Å². The first-order valence-electron chi connectivity index (χ1n) is 5.85. The molecule has 1 heterocycles. The Labute approximate surface area is 110 Å². The Hall–Kier alpha value is -2.44. The third-order valence-electron chi connectivity index (χ3n) is 2.71. The summed E-state index contributed by atoms with van der Waals surface area (Å²) in [6, 6.07) is 7.71. The number of anilines is 1. The van der Waals surface area contributed by atoms with E-state index in [9.17, 15) is 4.79 Å². The van der Waals surface area contributed by atoms with E-state index in [-0.39, 0.29) is 6.42 Å². The Balaban J connectivity index is 2.22. The molecule has 2 rings (SSSR count). The SMILES string of the molecule is CN(C)c1ccc(-n2nnnc2CCC(=O)O)cc1. The van der Waals surface area contributed by atoms with E-state index in [2.05, 4.69) is 15.5 Å². The Morgan fingerprint density at radius 3 is 2.58 bits per heavy atom. The van der Waals surface area contributed by atoms with Gasteiger partial charge in [-0.3, -0.25) is 4.79 Å². The molecule has 1 aromatic carbocycles. The average molecular weight is 261 g/mol. The lowest BCUT2D eigenvalue weighted by atomic mass is 10.2. The van der Waals surface area contributed by atoms with Crippen molar-refractivity contribution in [2.24, 2.45) is 0 Å². The Morgan fingerprint density at radius 1 is 1.32 bits per heavy atom. The number of nitrogens with zero attached hydrogens (tertiary/aromatic N) is 5. The maximum absolute atomic E-state index is 10.6. The van der Waals surface area contributed by atoms with Crippen LogP contribution in [-0.4, -0.2) is 45.4 Å². The molecule has 0 unspecified atom stereocenters. The van der Waals surface area contributed by atoms with Crippen LogP contribution in [0.15, 0.2) is 24.3 Å². The van der Waals surface area contributed by atoms with Crippen molar-refractivity contribution in [2.45, 2.75) is 12.8 Å². The molecule has 0 aliphatic carbocycles. The van der Waals surface area contributed by atoms with Crippen molar-refractivity contribution < 1.29 is 9.90 Å². The maximum Gasteiger partial charge on any atom is 0.303 e. The molecule has 100 valence electrons. The second-order valence-electron chi connectivity index (χ2n) is 4.31. The van der Waals surface area contributed by atoms with Crippen LogP contribution in [0.2, 0.25) is 0 Å². The van der Waals surface area contributed by atoms with Crippen LogP contribution in [0.25, 0.3) is 5.69 Å². The molecule has 0 bridgehead atoms. The standard InChI is InChI=1S/C12H15N5O2/c1-16(2)9-3-5-10(6-4-9)17-11(13-14-15-17)7-8-12(18)19/h3-6H,7-8H2,1-2H3,(H,18,19). The summed E-state index contributed by atoms with van der Waals surface area (Å²) in [5.41, 5.74) is 1.89. The quantitative estimate of drug-likeness (QED) is 0.854. The predicted octanol–water partition coefficient (Wildman–Crippen LogP) is 0.745. The van der Waals surface area contributed by atoms with Crippen molar-refractivity contribution in [3.8, 4) is 5.69 Å². The van der Waals surface area contributed by atoms with Gasteiger partial charge >= 0.3 is 5.97 Å². The normalized spacial score (nSPS) is 10.4. The second-order valence-corrected chi connectivity index (χ2v) is 4.31. The zero-order chi connectivity index (χ0) is 13.8. The molecular weight excluding hydrogens is 246 g/mol. The molecular formula is C12H15N5O2. The number of carbonyl (C=O) groups is 1. The van der Waals surface area contributed by atoms with Crippen molar-refractivity contribution in [1.29, 1.82) is 0 Å². The Kier molecular flexibility index (Phi) is 3.74. The number of benzene rings is 1. The number of aliphatic carboxylic acids is 1. The van der Waals surface area contributed by atoms with Gasteiger partial charge in [0.2, 0.25) is 0 Å². The average Bonchev–Trinajstić information content (AvgIpc) is 2.84. The number of hydrogen-bond acceptors (Lipinski definition) is 5. The van der Waals surface area contributed by atoms with Crippen LogP contribution < -0.4 is 4.90 Å². The summed E-state index contributed by atoms with van der Waals surface area (Å²) < 4.78 is 1.56. The lowest BCUT2D eigenvalue weighted by Crippen LogP contribution is -2.09. The minimum Gasteiger partial charge on any atom is -0.481 e. The monoisotopic (exact) mass is 261 g/mol. The van der Waals surface area contributed by atoms with Crippen molar-refractivity contribution in [1.82, 2.24) is 20.2 Å². The molecule has 0 saturated carbocycles. The molecule has 0 radical (unpaired) electrons. The summed E-state index contributed by atoms with van der Waals surface area (Å²) in [5, 5.41) is 20.0. The molecule has 0 spiro atoms. The molecule has 1 N–H and O–H groups in total. The van der Waals surface area contributed by atoms with Crippen LogP contribution in [0, 0.1) is 0 Å². The fourth-order valence-corrected chi connectivity index (χ4v) is 1.67. The highest BCUT2D eigenvalue weighted by atomic mass is 16.4. The zero-order valence-corrected chi connectivity index (χ0v) is 10.8. The Bertz CT molecular complexity index is 562. The van der Waals surface area contributed by atoms with E-state index in [1.807, 2.05) is 43.3 Å². The first-order valence-corrected chi connectivity index (χ1v) is 5.85. The predicted molar refractivity (Wildman–Crippen MR) is 69.4 cm³/mol. The number of aromatic nitrogens is 4. The van der Waals surface area contributed by atoms with Gasteiger partial charge in [-0.15, -0.1) is 5.10 Å². The highest BCUT2D eigenvalue weighted by molar-refractivity contribution is 5.66. The van der Waals surface area contributed by atoms with E-state index >= 15 is 0 Å². The molecule has 0 aliphatic heterocycles. The third kappa shape index (κ3) is 3.06. The van der Waals surface area contributed by atoms with E-state index in [0.29, 0.717) is 12.2 Å². The molecule has 0 saturated heterocycles. The minimum absolute atomic E-state index is 0.0101. The molecule has 7 heteroatoms. The first kappa shape index (κ1) is 13.0. The molecule has 0 aliphatic rings. The largest absolute Gasteiger partial charge is 0.481 e. The number of tetrazole rings is 1. The van der Waals surface area contributed by atoms with Crippen LogP contribution in [-0.2, 0) is 11.2 Å². The summed E-state index contributed by atoms with van der Waals surface area (Å²) >= 11 is 0. The molecule has 7 nitrogen and oxygen atoms in total. The molecule has 0 atom stereocenters. The number of rotatable bonds is 5. The molecule has 19 heavy (non-hydrogen) atoms. The lowest BCUT2D eigenvalue weighted by molar-refractivity contribution is -0.137. The van der Waals surface area contributed by atoms with E-state index in [1.165, 1.54) is 0 Å². The van der Waals surface area contributed by atoms with Crippen LogP contribution in [0.5, 0.6) is 0 Å². The molecule has 0 fully saturated rings. The van der Waals surface area contributed by atoms with E-state index in [4.69, 9.17) is 5.11 Å². The lowest BCUT2D eigenvalue weighted by Gasteiger charge is -2.12. The number of carboxylic acid groups (broad SMARTS) is 1. The van der Waals surface area contributed by atoms with Gasteiger partial charge < -0.3 is 10.0 Å². The van der Waals surface area contributed by atoms with Crippen LogP contribution >= 0.6 is 0 Å². The third-order valence-corrected chi connectivity index (χ3v) is 2.71. The van der Waals surface area contributed by atoms with Gasteiger partial charge in [0.25, 0.3) is 0 Å². The van der Waals surface area contributed by atoms with Gasteiger partial charge in [-0.05, 0) is 34.7 Å². The van der Waals surface area contributed by atoms with Crippen LogP contribution in [0.4, 0.5) is 5.69 Å². The highest BCUT2D eigenvalue weighted by Gasteiger charge is 2.10. The van der Waals surface area contributed by atoms with Crippen LogP contribution in [0.1, 0.15) is 12.2 Å². The van der Waals surface area contributed by atoms with Gasteiger partial charge in [-0.25, -0.2) is 0 Å². The maximum atomic E-state index is 10.6. The van der Waals surface area contributed by atoms with Gasteiger partial charge in [0.05, 0.1) is 12.1 Å². The number of aryl methyl sites for hydroxylation is 1. The summed E-state index contributed by atoms with van der Waals surface area (Å²) in [6.07, 6.45) is 0.313. The van der Waals surface area contributed by atoms with Gasteiger partial charge in [0.1, 0.15) is 0 Å². The number of carboxylic acids is 1. The Morgan fingerprint density at radius 2 is 2.00 bits per heavy atom. The van der Waals surface area contributed by atoms with E-state index in [0.717, 1.165) is 11.4 Å². The van der Waals surface area contributed by atoms with Crippen molar-refractivity contribution in [3.63, 3.8) is 0 Å². The molecule has 2 aromatic rings. The van der Waals surface area contributed by atoms with Gasteiger partial charge in [-0.2, -0.15) is 4.68 Å². The number of hydrogen-bond donors (Lipinski definition) is 1. The fraction of sp³-hybridized carbons (Fsp3) is 0.333. The highest BCUT2D eigenvalue weighted by Crippen LogP contribution is 2.15. The summed E-state index contributed by atoms with van der Waals surface area (Å²) in [4.78, 5) is 12.6. The second kappa shape index (κ2) is 5.47. The van der Waals surface area contributed by atoms with Crippen molar-refractivity contribution >= 4 is 11.7 Å². The smallest absolute Gasteiger partial charge is 0.303 e. The van der Waals surface area contributed by atoms with Gasteiger partial charge in [0, 0.05) is 26.2 Å². The van der Waals surface area contributed by atoms with E-state index < -0.39 is 5.97 Å². The first-order chi connectivity index (χ1) is 9.08. The van der Waals surface area contributed by atoms with Crippen LogP contribution in [0.3, 0.4) is 0 Å². The fourth-order valence-electron chi connectivity index (χ4n) is 1.67. The molecule has 1 aromatic heterocycles. The van der Waals surface area contributed by atoms with Crippen molar-refractivity contribution in [3.05, 3.63) is 30.1 Å². The van der Waals surface area contributed by atoms with Gasteiger partial charge in [-0.1, -0.05) is 0 Å². The minimum atomic E-state index is -0.863. The topological polar surface area (TPSA) is 84.1 Å². The van der Waals surface area contributed by atoms with E-state index in [1.54, 1.807) is 4.68 Å². The molecule has 0 amide bonds. The van der Waals surface area contributed by atoms with Gasteiger partial charge in [0.15, 0.2) is 5.82 Å². The summed E-state index contributed by atoms with van der Waals surface area (Å²) in [5.74, 6) is -0.322. The summed E-state index contributed by atoms with van der Waals surface area (Å²) in [6.45, 7) is 0. The summed E-state index contributed by atoms with van der Waals surface area (Å²) in [7, 11) is 3.93.